The van der Waals surface area contributed by atoms with Crippen LogP contribution in [0, 0.1) is 5.41 Å². The number of nitrogens with one attached hydrogen (secondary N) is 1. The molecule has 1 heteroatoms. The summed E-state index contributed by atoms with van der Waals surface area (Å²) in [7, 11) is 0. The Kier molecular flexibility index (Phi) is 3.62. The van der Waals surface area contributed by atoms with E-state index in [1.54, 1.807) is 0 Å². The van der Waals surface area contributed by atoms with Crippen molar-refractivity contribution in [2.45, 2.75) is 38.8 Å². The minimum absolute atomic E-state index is 0.282. The Morgan fingerprint density at radius 3 is 1.70 bits per heavy atom. The highest BCUT2D eigenvalue weighted by Gasteiger charge is 2.43. The average molecular weight is 265 g/mol. The molecule has 1 aliphatic carbocycles. The zero-order valence-corrected chi connectivity index (χ0v) is 12.3. The largest absolute Gasteiger partial charge is 0.303 e. The van der Waals surface area contributed by atoms with E-state index in [4.69, 9.17) is 0 Å². The van der Waals surface area contributed by atoms with E-state index in [1.165, 1.54) is 24.0 Å². The summed E-state index contributed by atoms with van der Waals surface area (Å²) in [4.78, 5) is 0. The molecule has 2 aromatic carbocycles. The third-order valence-electron chi connectivity index (χ3n) is 4.77. The topological polar surface area (TPSA) is 12.0 Å². The van der Waals surface area contributed by atoms with Crippen molar-refractivity contribution in [1.82, 2.24) is 5.32 Å². The Labute approximate surface area is 122 Å². The van der Waals surface area contributed by atoms with Gasteiger partial charge in [0, 0.05) is 6.04 Å². The van der Waals surface area contributed by atoms with Crippen LogP contribution >= 0.6 is 0 Å². The highest BCUT2D eigenvalue weighted by molar-refractivity contribution is 5.31. The molecule has 1 atom stereocenters. The van der Waals surface area contributed by atoms with Gasteiger partial charge in [-0.1, -0.05) is 67.6 Å². The first-order valence-corrected chi connectivity index (χ1v) is 7.55. The third-order valence-corrected chi connectivity index (χ3v) is 4.77. The van der Waals surface area contributed by atoms with Gasteiger partial charge < -0.3 is 5.32 Å². The van der Waals surface area contributed by atoms with Crippen LogP contribution in [0.4, 0.5) is 0 Å². The van der Waals surface area contributed by atoms with E-state index in [9.17, 15) is 0 Å². The molecular formula is C19H23N. The maximum absolute atomic E-state index is 3.85. The summed E-state index contributed by atoms with van der Waals surface area (Å²) in [6.07, 6.45) is 2.69. The average Bonchev–Trinajstić information content (AvgIpc) is 3.25. The van der Waals surface area contributed by atoms with Gasteiger partial charge in [0.2, 0.25) is 0 Å². The van der Waals surface area contributed by atoms with E-state index in [2.05, 4.69) is 79.8 Å². The molecule has 1 N–H and O–H groups in total. The van der Waals surface area contributed by atoms with Crippen molar-refractivity contribution in [3.8, 4) is 0 Å². The summed E-state index contributed by atoms with van der Waals surface area (Å²) >= 11 is 0. The highest BCUT2D eigenvalue weighted by Crippen LogP contribution is 2.48. The van der Waals surface area contributed by atoms with Gasteiger partial charge in [0.25, 0.3) is 0 Å². The molecule has 1 saturated carbocycles. The number of hydrogen-bond acceptors (Lipinski definition) is 1. The zero-order chi connectivity index (χ0) is 14.0. The van der Waals surface area contributed by atoms with Gasteiger partial charge in [-0.2, -0.15) is 0 Å². The standard InChI is InChI=1S/C19H23N/c1-15(19(2)13-14-19)20-18(16-9-5-3-6-10-16)17-11-7-4-8-12-17/h3-12,15,18,20H,13-14H2,1-2H3. The third kappa shape index (κ3) is 2.78. The first-order valence-electron chi connectivity index (χ1n) is 7.55. The quantitative estimate of drug-likeness (QED) is 0.836. The predicted octanol–water partition coefficient (Wildman–Crippen LogP) is 4.55. The first-order chi connectivity index (χ1) is 9.69. The van der Waals surface area contributed by atoms with E-state index >= 15 is 0 Å². The smallest absolute Gasteiger partial charge is 0.0578 e. The van der Waals surface area contributed by atoms with Gasteiger partial charge in [0.1, 0.15) is 0 Å². The Bertz CT molecular complexity index is 503. The monoisotopic (exact) mass is 265 g/mol. The van der Waals surface area contributed by atoms with Gasteiger partial charge in [-0.15, -0.1) is 0 Å². The molecule has 1 nitrogen and oxygen atoms in total. The van der Waals surface area contributed by atoms with E-state index < -0.39 is 0 Å². The van der Waals surface area contributed by atoms with Crippen LogP contribution in [0.15, 0.2) is 60.7 Å². The SMILES string of the molecule is CC(NC(c1ccccc1)c1ccccc1)C1(C)CC1. The number of rotatable bonds is 5. The summed E-state index contributed by atoms with van der Waals surface area (Å²) in [6.45, 7) is 4.71. The maximum Gasteiger partial charge on any atom is 0.0578 e. The van der Waals surface area contributed by atoms with Gasteiger partial charge in [0.15, 0.2) is 0 Å². The van der Waals surface area contributed by atoms with Crippen LogP contribution in [0.25, 0.3) is 0 Å². The van der Waals surface area contributed by atoms with Crippen LogP contribution in [-0.2, 0) is 0 Å². The van der Waals surface area contributed by atoms with Crippen LogP contribution < -0.4 is 5.32 Å². The molecule has 20 heavy (non-hydrogen) atoms. The van der Waals surface area contributed by atoms with Crippen molar-refractivity contribution in [2.75, 3.05) is 0 Å². The lowest BCUT2D eigenvalue weighted by molar-refractivity contribution is 0.359. The van der Waals surface area contributed by atoms with Crippen molar-refractivity contribution in [2.24, 2.45) is 5.41 Å². The summed E-state index contributed by atoms with van der Waals surface area (Å²) in [6, 6.07) is 22.3. The first kappa shape index (κ1) is 13.4. The van der Waals surface area contributed by atoms with Crippen LogP contribution in [-0.4, -0.2) is 6.04 Å². The molecule has 0 saturated heterocycles. The molecular weight excluding hydrogens is 242 g/mol. The Balaban J connectivity index is 1.88. The minimum Gasteiger partial charge on any atom is -0.303 e. The van der Waals surface area contributed by atoms with Crippen molar-refractivity contribution >= 4 is 0 Å². The summed E-state index contributed by atoms with van der Waals surface area (Å²) < 4.78 is 0. The lowest BCUT2D eigenvalue weighted by Crippen LogP contribution is -2.36. The van der Waals surface area contributed by atoms with E-state index in [1.807, 2.05) is 0 Å². The second-order valence-electron chi connectivity index (χ2n) is 6.30. The second-order valence-corrected chi connectivity index (χ2v) is 6.30. The van der Waals surface area contributed by atoms with Crippen LogP contribution in [0.2, 0.25) is 0 Å². The van der Waals surface area contributed by atoms with Crippen LogP contribution in [0.3, 0.4) is 0 Å². The molecule has 0 spiro atoms. The van der Waals surface area contributed by atoms with Crippen molar-refractivity contribution in [1.29, 1.82) is 0 Å². The summed E-state index contributed by atoms with van der Waals surface area (Å²) in [5.74, 6) is 0. The van der Waals surface area contributed by atoms with E-state index in [-0.39, 0.29) is 6.04 Å². The lowest BCUT2D eigenvalue weighted by Gasteiger charge is -2.28. The second kappa shape index (κ2) is 5.41. The minimum atomic E-state index is 0.282. The maximum atomic E-state index is 3.85. The molecule has 0 bridgehead atoms. The predicted molar refractivity (Wildman–Crippen MR) is 84.7 cm³/mol. The molecule has 104 valence electrons. The number of benzene rings is 2. The molecule has 2 aromatic rings. The fourth-order valence-electron chi connectivity index (χ4n) is 2.76. The molecule has 0 amide bonds. The van der Waals surface area contributed by atoms with Crippen molar-refractivity contribution in [3.05, 3.63) is 71.8 Å². The van der Waals surface area contributed by atoms with Gasteiger partial charge in [-0.25, -0.2) is 0 Å². The molecule has 3 rings (SSSR count). The molecule has 0 aromatic heterocycles. The summed E-state index contributed by atoms with van der Waals surface area (Å²) in [5, 5.41) is 3.85. The van der Waals surface area contributed by atoms with Crippen molar-refractivity contribution in [3.63, 3.8) is 0 Å². The van der Waals surface area contributed by atoms with Crippen molar-refractivity contribution < 1.29 is 0 Å². The van der Waals surface area contributed by atoms with Crippen LogP contribution in [0.1, 0.15) is 43.9 Å². The normalized spacial score (nSPS) is 17.9. The van der Waals surface area contributed by atoms with Gasteiger partial charge in [-0.05, 0) is 36.3 Å². The molecule has 0 heterocycles. The van der Waals surface area contributed by atoms with Crippen LogP contribution in [0.5, 0.6) is 0 Å². The fraction of sp³-hybridized carbons (Fsp3) is 0.368. The Morgan fingerprint density at radius 2 is 1.30 bits per heavy atom. The van der Waals surface area contributed by atoms with Gasteiger partial charge >= 0.3 is 0 Å². The Hall–Kier alpha value is -1.60. The van der Waals surface area contributed by atoms with E-state index in [0.717, 1.165) is 0 Å². The molecule has 1 aliphatic rings. The lowest BCUT2D eigenvalue weighted by atomic mass is 9.94. The van der Waals surface area contributed by atoms with Gasteiger partial charge in [-0.3, -0.25) is 0 Å². The molecule has 0 aliphatic heterocycles. The van der Waals surface area contributed by atoms with E-state index in [0.29, 0.717) is 11.5 Å². The summed E-state index contributed by atoms with van der Waals surface area (Å²) in [5.41, 5.74) is 3.17. The Morgan fingerprint density at radius 1 is 0.850 bits per heavy atom. The zero-order valence-electron chi connectivity index (χ0n) is 12.3. The highest BCUT2D eigenvalue weighted by atomic mass is 15.0. The number of hydrogen-bond donors (Lipinski definition) is 1. The fourth-order valence-corrected chi connectivity index (χ4v) is 2.76. The molecule has 0 radical (unpaired) electrons. The molecule has 1 unspecified atom stereocenters. The van der Waals surface area contributed by atoms with Gasteiger partial charge in [0.05, 0.1) is 6.04 Å². The molecule has 1 fully saturated rings.